The van der Waals surface area contributed by atoms with Gasteiger partial charge in [-0.2, -0.15) is 0 Å². The second kappa shape index (κ2) is 5.75. The Balaban J connectivity index is 2.03. The van der Waals surface area contributed by atoms with Crippen LogP contribution in [-0.4, -0.2) is 30.4 Å². The Labute approximate surface area is 147 Å². The summed E-state index contributed by atoms with van der Waals surface area (Å²) in [5.41, 5.74) is 2.17. The van der Waals surface area contributed by atoms with Crippen LogP contribution in [-0.2, 0) is 6.54 Å². The quantitative estimate of drug-likeness (QED) is 0.520. The van der Waals surface area contributed by atoms with E-state index in [1.54, 1.807) is 16.7 Å². The van der Waals surface area contributed by atoms with E-state index in [0.717, 1.165) is 0 Å². The minimum atomic E-state index is -0.532. The Hall–Kier alpha value is -3.13. The van der Waals surface area contributed by atoms with Crippen LogP contribution in [0.4, 0.5) is 5.82 Å². The van der Waals surface area contributed by atoms with Gasteiger partial charge in [0.25, 0.3) is 0 Å². The molecule has 0 spiro atoms. The van der Waals surface area contributed by atoms with Gasteiger partial charge in [0.1, 0.15) is 23.8 Å². The number of nitrogens with zero attached hydrogens (tertiary/aromatic N) is 6. The number of pyridine rings is 1. The molecule has 124 valence electrons. The highest BCUT2D eigenvalue weighted by Gasteiger charge is 2.28. The van der Waals surface area contributed by atoms with Crippen LogP contribution in [0.1, 0.15) is 22.9 Å². The molecule has 3 aromatic rings. The van der Waals surface area contributed by atoms with E-state index in [1.807, 2.05) is 25.1 Å². The molecular formula is C16H11ClN6O2. The lowest BCUT2D eigenvalue weighted by molar-refractivity contribution is -0.389. The molecule has 0 amide bonds. The molecule has 9 heteroatoms. The Morgan fingerprint density at radius 2 is 2.00 bits per heavy atom. The van der Waals surface area contributed by atoms with Gasteiger partial charge in [-0.3, -0.25) is 9.56 Å². The zero-order valence-electron chi connectivity index (χ0n) is 13.0. The lowest BCUT2D eigenvalue weighted by atomic mass is 10.1. The van der Waals surface area contributed by atoms with Crippen molar-refractivity contribution in [3.63, 3.8) is 0 Å². The van der Waals surface area contributed by atoms with Crippen molar-refractivity contribution < 1.29 is 4.92 Å². The summed E-state index contributed by atoms with van der Waals surface area (Å²) in [6, 6.07) is 10.2. The van der Waals surface area contributed by atoms with Gasteiger partial charge < -0.3 is 10.1 Å². The zero-order chi connectivity index (χ0) is 17.6. The van der Waals surface area contributed by atoms with Crippen LogP contribution in [0, 0.1) is 17.0 Å². The third kappa shape index (κ3) is 2.47. The van der Waals surface area contributed by atoms with Gasteiger partial charge in [0.2, 0.25) is 5.69 Å². The summed E-state index contributed by atoms with van der Waals surface area (Å²) in [6.07, 6.45) is 0. The fourth-order valence-corrected chi connectivity index (χ4v) is 3.04. The smallest absolute Gasteiger partial charge is 0.358 e. The van der Waals surface area contributed by atoms with Gasteiger partial charge in [0, 0.05) is 11.6 Å². The van der Waals surface area contributed by atoms with E-state index in [4.69, 9.17) is 11.6 Å². The molecule has 0 saturated heterocycles. The monoisotopic (exact) mass is 354 g/mol. The topological polar surface area (TPSA) is 99.1 Å². The number of aryl methyl sites for hydroxylation is 1. The lowest BCUT2D eigenvalue weighted by Gasteiger charge is -2.09. The number of benzene rings is 1. The van der Waals surface area contributed by atoms with Crippen LogP contribution in [0.25, 0.3) is 5.69 Å². The first-order chi connectivity index (χ1) is 12.1. The second-order valence-corrected chi connectivity index (χ2v) is 5.85. The lowest BCUT2D eigenvalue weighted by Crippen LogP contribution is -2.12. The molecule has 0 fully saturated rings. The minimum Gasteiger partial charge on any atom is -0.358 e. The van der Waals surface area contributed by atoms with Crippen LogP contribution in [0.5, 0.6) is 0 Å². The summed E-state index contributed by atoms with van der Waals surface area (Å²) in [5.74, 6) is 1.03. The number of hydrogen-bond acceptors (Lipinski definition) is 6. The highest BCUT2D eigenvalue weighted by atomic mass is 35.5. The minimum absolute atomic E-state index is 0.257. The molecule has 2 aromatic heterocycles. The van der Waals surface area contributed by atoms with Crippen molar-refractivity contribution in [2.75, 3.05) is 0 Å². The molecule has 1 aliphatic rings. The van der Waals surface area contributed by atoms with Crippen molar-refractivity contribution in [3.05, 3.63) is 74.4 Å². The predicted molar refractivity (Wildman–Crippen MR) is 91.3 cm³/mol. The summed E-state index contributed by atoms with van der Waals surface area (Å²) in [6.45, 7) is 2.08. The third-order valence-electron chi connectivity index (χ3n) is 3.91. The van der Waals surface area contributed by atoms with Crippen LogP contribution < -0.4 is 0 Å². The number of hydrogen-bond donors (Lipinski definition) is 0. The van der Waals surface area contributed by atoms with E-state index in [-0.39, 0.29) is 12.4 Å². The summed E-state index contributed by atoms with van der Waals surface area (Å²) in [5, 5.41) is 19.9. The zero-order valence-corrected chi connectivity index (χ0v) is 13.8. The summed E-state index contributed by atoms with van der Waals surface area (Å²) in [7, 11) is 0. The Morgan fingerprint density at radius 1 is 1.20 bits per heavy atom. The van der Waals surface area contributed by atoms with Crippen molar-refractivity contribution >= 4 is 23.1 Å². The van der Waals surface area contributed by atoms with Gasteiger partial charge in [0.15, 0.2) is 5.82 Å². The number of nitro groups is 1. The summed E-state index contributed by atoms with van der Waals surface area (Å²) in [4.78, 5) is 19.5. The van der Waals surface area contributed by atoms with Gasteiger partial charge >= 0.3 is 5.82 Å². The Kier molecular flexibility index (Phi) is 3.54. The molecule has 0 N–H and O–H groups in total. The average Bonchev–Trinajstić information content (AvgIpc) is 2.88. The maximum atomic E-state index is 11.2. The van der Waals surface area contributed by atoms with Crippen molar-refractivity contribution in [1.29, 1.82) is 0 Å². The van der Waals surface area contributed by atoms with Gasteiger partial charge in [0.05, 0.1) is 5.02 Å². The molecule has 0 atom stereocenters. The molecule has 3 heterocycles. The highest BCUT2D eigenvalue weighted by Crippen LogP contribution is 2.28. The summed E-state index contributed by atoms with van der Waals surface area (Å²) < 4.78 is 1.80. The predicted octanol–water partition coefficient (Wildman–Crippen LogP) is 2.88. The molecule has 4 rings (SSSR count). The van der Waals surface area contributed by atoms with Crippen LogP contribution in [0.3, 0.4) is 0 Å². The van der Waals surface area contributed by atoms with E-state index in [2.05, 4.69) is 20.2 Å². The van der Waals surface area contributed by atoms with Crippen molar-refractivity contribution in [2.45, 2.75) is 13.5 Å². The third-order valence-corrected chi connectivity index (χ3v) is 4.24. The maximum Gasteiger partial charge on any atom is 0.364 e. The number of rotatable bonds is 2. The molecule has 8 nitrogen and oxygen atoms in total. The number of fused-ring (bicyclic) bond motifs is 3. The van der Waals surface area contributed by atoms with E-state index in [1.165, 1.54) is 6.07 Å². The second-order valence-electron chi connectivity index (χ2n) is 5.44. The van der Waals surface area contributed by atoms with E-state index >= 15 is 0 Å². The van der Waals surface area contributed by atoms with Gasteiger partial charge in [-0.1, -0.05) is 29.8 Å². The molecular weight excluding hydrogens is 344 g/mol. The number of aliphatic imine (C=N–C) groups is 1. The van der Waals surface area contributed by atoms with E-state index < -0.39 is 4.92 Å². The van der Waals surface area contributed by atoms with Crippen molar-refractivity contribution in [3.8, 4) is 5.69 Å². The maximum absolute atomic E-state index is 11.2. The van der Waals surface area contributed by atoms with Gasteiger partial charge in [-0.25, -0.2) is 0 Å². The Bertz CT molecular complexity index is 1040. The molecule has 0 radical (unpaired) electrons. The van der Waals surface area contributed by atoms with Crippen molar-refractivity contribution in [1.82, 2.24) is 19.7 Å². The fourth-order valence-electron chi connectivity index (χ4n) is 2.81. The van der Waals surface area contributed by atoms with Gasteiger partial charge in [-0.15, -0.1) is 10.2 Å². The molecule has 25 heavy (non-hydrogen) atoms. The highest BCUT2D eigenvalue weighted by molar-refractivity contribution is 6.35. The molecule has 0 unspecified atom stereocenters. The fraction of sp³-hybridized carbons (Fsp3) is 0.125. The van der Waals surface area contributed by atoms with Gasteiger partial charge in [-0.05, 0) is 29.0 Å². The SMILES string of the molecule is Cc1nnc2n1-c1ccc([N+](=O)[O-])nc1C(c1ccccc1Cl)=NC2. The van der Waals surface area contributed by atoms with E-state index in [0.29, 0.717) is 39.3 Å². The molecule has 0 aliphatic carbocycles. The van der Waals surface area contributed by atoms with Crippen LogP contribution in [0.15, 0.2) is 41.4 Å². The van der Waals surface area contributed by atoms with Crippen molar-refractivity contribution in [2.24, 2.45) is 4.99 Å². The first-order valence-corrected chi connectivity index (χ1v) is 7.80. The van der Waals surface area contributed by atoms with Crippen LogP contribution in [0.2, 0.25) is 5.02 Å². The molecule has 1 aromatic carbocycles. The number of halogens is 1. The summed E-state index contributed by atoms with van der Waals surface area (Å²) >= 11 is 6.32. The van der Waals surface area contributed by atoms with Crippen LogP contribution >= 0.6 is 11.6 Å². The molecule has 1 aliphatic heterocycles. The largest absolute Gasteiger partial charge is 0.364 e. The normalized spacial score (nSPS) is 12.8. The molecule has 0 bridgehead atoms. The average molecular weight is 355 g/mol. The first kappa shape index (κ1) is 15.4. The standard InChI is InChI=1S/C16H11ClN6O2/c1-9-20-21-14-8-18-15(10-4-2-3-5-11(10)17)16-12(22(9)14)6-7-13(19-16)23(24)25/h2-7H,8H2,1H3. The van der Waals surface area contributed by atoms with E-state index in [9.17, 15) is 10.1 Å². The molecule has 0 saturated carbocycles. The Morgan fingerprint density at radius 3 is 2.76 bits per heavy atom. The first-order valence-electron chi connectivity index (χ1n) is 7.42. The number of aromatic nitrogens is 4.